The molecule has 7 atom stereocenters. The molecule has 5 aliphatic carbocycles. The second kappa shape index (κ2) is 6.33. The first-order valence-corrected chi connectivity index (χ1v) is 13.6. The van der Waals surface area contributed by atoms with Gasteiger partial charge in [-0.05, 0) is 81.4 Å². The van der Waals surface area contributed by atoms with E-state index in [1.165, 1.54) is 30.5 Å². The smallest absolute Gasteiger partial charge is 0.165 e. The predicted molar refractivity (Wildman–Crippen MR) is 130 cm³/mol. The minimum absolute atomic E-state index is 0.0294. The Hall–Kier alpha value is -1.30. The summed E-state index contributed by atoms with van der Waals surface area (Å²) in [5.41, 5.74) is 0.783. The Bertz CT molecular complexity index is 1060. The van der Waals surface area contributed by atoms with Crippen molar-refractivity contribution >= 4 is 0 Å². The number of benzene rings is 1. The quantitative estimate of drug-likeness (QED) is 0.687. The Morgan fingerprint density at radius 1 is 1.15 bits per heavy atom. The Kier molecular flexibility index (Phi) is 4.08. The second-order valence-electron chi connectivity index (χ2n) is 13.8. The highest BCUT2D eigenvalue weighted by Gasteiger charge is 2.82. The average molecular weight is 468 g/mol. The molecule has 186 valence electrons. The molecule has 7 aliphatic rings. The molecule has 4 saturated carbocycles. The van der Waals surface area contributed by atoms with Gasteiger partial charge in [-0.15, -0.1) is 0 Å². The highest BCUT2D eigenvalue weighted by atomic mass is 16.6. The summed E-state index contributed by atoms with van der Waals surface area (Å²) in [6, 6.07) is 4.46. The minimum atomic E-state index is -0.909. The van der Waals surface area contributed by atoms with Gasteiger partial charge in [-0.3, -0.25) is 4.90 Å². The highest BCUT2D eigenvalue weighted by molar-refractivity contribution is 5.63. The van der Waals surface area contributed by atoms with Gasteiger partial charge < -0.3 is 19.7 Å². The number of rotatable bonds is 4. The van der Waals surface area contributed by atoms with Crippen LogP contribution in [-0.2, 0) is 16.6 Å². The number of nitrogens with zero attached hydrogens (tertiary/aromatic N) is 1. The number of likely N-dealkylation sites (tertiary alicyclic amines) is 1. The number of ether oxygens (including phenoxy) is 2. The average Bonchev–Trinajstić information content (AvgIpc) is 3.53. The standard InChI is InChI=1S/C29H41NO4/c1-25(2,3)26(4,32)20-15-27-10-11-29(20,33-5)24-28(27)12-13-30(16-17-6-7-17)21(27)14-18-8-9-19(31)23(34-24)22(18)28/h8-9,17,20-21,24,31-32H,6-7,10-16H2,1-5H3/t20-,21-,24-,26-,27-,28+,29-/m1/s1. The van der Waals surface area contributed by atoms with Crippen LogP contribution in [0.5, 0.6) is 11.5 Å². The van der Waals surface area contributed by atoms with Crippen LogP contribution < -0.4 is 4.74 Å². The number of fused-ring (bicyclic) bond motifs is 2. The number of aliphatic hydroxyl groups is 1. The van der Waals surface area contributed by atoms with Crippen molar-refractivity contribution in [3.05, 3.63) is 23.3 Å². The molecule has 1 aromatic rings. The van der Waals surface area contributed by atoms with Crippen molar-refractivity contribution < 1.29 is 19.7 Å². The van der Waals surface area contributed by atoms with Gasteiger partial charge in [0.15, 0.2) is 11.5 Å². The van der Waals surface area contributed by atoms with E-state index < -0.39 is 11.2 Å². The molecule has 0 radical (unpaired) electrons. The van der Waals surface area contributed by atoms with Crippen molar-refractivity contribution in [1.82, 2.24) is 4.90 Å². The summed E-state index contributed by atoms with van der Waals surface area (Å²) in [7, 11) is 1.83. The molecule has 2 spiro atoms. The van der Waals surface area contributed by atoms with Crippen molar-refractivity contribution in [3.63, 3.8) is 0 Å². The molecular formula is C29H41NO4. The normalized spacial score (nSPS) is 43.9. The minimum Gasteiger partial charge on any atom is -0.504 e. The SMILES string of the molecule is CO[C@]12CC[C@@]3(C[C@@H]1[C@@](C)(O)C(C)(C)C)[C@H]1Cc4ccc(O)c5c4[C@@]3(CCN1CC1CC1)[C@H]2O5. The van der Waals surface area contributed by atoms with Crippen LogP contribution in [0, 0.1) is 22.7 Å². The fourth-order valence-electron chi connectivity index (χ4n) is 9.58. The number of hydrogen-bond donors (Lipinski definition) is 2. The van der Waals surface area contributed by atoms with E-state index in [2.05, 4.69) is 31.7 Å². The summed E-state index contributed by atoms with van der Waals surface area (Å²) in [4.78, 5) is 2.82. The summed E-state index contributed by atoms with van der Waals surface area (Å²) in [5, 5.41) is 23.2. The van der Waals surface area contributed by atoms with Crippen molar-refractivity contribution in [2.75, 3.05) is 20.2 Å². The van der Waals surface area contributed by atoms with Crippen LogP contribution in [0.15, 0.2) is 12.1 Å². The zero-order valence-corrected chi connectivity index (χ0v) is 21.5. The van der Waals surface area contributed by atoms with Gasteiger partial charge in [-0.2, -0.15) is 0 Å². The van der Waals surface area contributed by atoms with E-state index in [9.17, 15) is 10.2 Å². The maximum Gasteiger partial charge on any atom is 0.165 e. The van der Waals surface area contributed by atoms with Gasteiger partial charge in [0.2, 0.25) is 0 Å². The third kappa shape index (κ3) is 2.25. The first-order chi connectivity index (χ1) is 16.0. The molecule has 5 heteroatoms. The van der Waals surface area contributed by atoms with E-state index in [1.54, 1.807) is 0 Å². The van der Waals surface area contributed by atoms with Crippen LogP contribution in [0.4, 0.5) is 0 Å². The van der Waals surface area contributed by atoms with Crippen LogP contribution >= 0.6 is 0 Å². The summed E-state index contributed by atoms with van der Waals surface area (Å²) in [5.74, 6) is 1.80. The molecule has 2 N–H and O–H groups in total. The lowest BCUT2D eigenvalue weighted by atomic mass is 9.33. The summed E-state index contributed by atoms with van der Waals surface area (Å²) < 4.78 is 13.5. The maximum atomic E-state index is 12.2. The molecule has 2 aliphatic heterocycles. The monoisotopic (exact) mass is 467 g/mol. The van der Waals surface area contributed by atoms with Crippen LogP contribution in [0.25, 0.3) is 0 Å². The van der Waals surface area contributed by atoms with E-state index in [0.717, 1.165) is 44.6 Å². The van der Waals surface area contributed by atoms with Gasteiger partial charge in [0.1, 0.15) is 11.7 Å². The molecular weight excluding hydrogens is 426 g/mol. The highest BCUT2D eigenvalue weighted by Crippen LogP contribution is 2.78. The number of phenols is 1. The summed E-state index contributed by atoms with van der Waals surface area (Å²) in [6.07, 6.45) is 7.64. The number of hydrogen-bond acceptors (Lipinski definition) is 5. The summed E-state index contributed by atoms with van der Waals surface area (Å²) in [6.45, 7) is 10.8. The van der Waals surface area contributed by atoms with Gasteiger partial charge in [0.05, 0.1) is 5.60 Å². The molecule has 4 bridgehead atoms. The van der Waals surface area contributed by atoms with Crippen LogP contribution in [0.2, 0.25) is 0 Å². The fraction of sp³-hybridized carbons (Fsp3) is 0.793. The van der Waals surface area contributed by atoms with Gasteiger partial charge in [-0.1, -0.05) is 26.8 Å². The number of aromatic hydroxyl groups is 1. The molecule has 34 heavy (non-hydrogen) atoms. The molecule has 0 amide bonds. The van der Waals surface area contributed by atoms with Crippen molar-refractivity contribution in [2.24, 2.45) is 22.7 Å². The molecule has 0 unspecified atom stereocenters. The zero-order chi connectivity index (χ0) is 23.9. The zero-order valence-electron chi connectivity index (χ0n) is 21.5. The lowest BCUT2D eigenvalue weighted by Crippen LogP contribution is -2.83. The van der Waals surface area contributed by atoms with Gasteiger partial charge >= 0.3 is 0 Å². The predicted octanol–water partition coefficient (Wildman–Crippen LogP) is 4.41. The number of phenolic OH excluding ortho intramolecular Hbond substituents is 1. The largest absolute Gasteiger partial charge is 0.504 e. The van der Waals surface area contributed by atoms with Crippen molar-refractivity contribution in [3.8, 4) is 11.5 Å². The first-order valence-electron chi connectivity index (χ1n) is 13.6. The Morgan fingerprint density at radius 3 is 2.59 bits per heavy atom. The third-order valence-corrected chi connectivity index (χ3v) is 11.9. The van der Waals surface area contributed by atoms with Crippen LogP contribution in [0.3, 0.4) is 0 Å². The molecule has 8 rings (SSSR count). The van der Waals surface area contributed by atoms with Gasteiger partial charge in [0.25, 0.3) is 0 Å². The number of piperidine rings is 1. The Labute approximate surface area is 203 Å². The lowest BCUT2D eigenvalue weighted by molar-refractivity contribution is -0.312. The van der Waals surface area contributed by atoms with Crippen molar-refractivity contribution in [2.45, 2.75) is 101 Å². The second-order valence-corrected chi connectivity index (χ2v) is 13.8. The maximum absolute atomic E-state index is 12.2. The Morgan fingerprint density at radius 2 is 1.91 bits per heavy atom. The lowest BCUT2D eigenvalue weighted by Gasteiger charge is -2.75. The van der Waals surface area contributed by atoms with E-state index in [1.807, 2.05) is 20.1 Å². The number of methoxy groups -OCH3 is 1. The first kappa shape index (κ1) is 21.9. The molecule has 2 heterocycles. The Balaban J connectivity index is 1.47. The molecule has 0 aromatic heterocycles. The van der Waals surface area contributed by atoms with E-state index in [-0.39, 0.29) is 34.0 Å². The molecule has 1 saturated heterocycles. The van der Waals surface area contributed by atoms with Crippen LogP contribution in [0.1, 0.15) is 77.3 Å². The molecule has 5 nitrogen and oxygen atoms in total. The third-order valence-electron chi connectivity index (χ3n) is 11.9. The molecule has 1 aromatic carbocycles. The van der Waals surface area contributed by atoms with Crippen LogP contribution in [-0.4, -0.2) is 58.7 Å². The topological polar surface area (TPSA) is 62.2 Å². The van der Waals surface area contributed by atoms with E-state index in [0.29, 0.717) is 11.8 Å². The van der Waals surface area contributed by atoms with Crippen molar-refractivity contribution in [1.29, 1.82) is 0 Å². The fourth-order valence-corrected chi connectivity index (χ4v) is 9.58. The van der Waals surface area contributed by atoms with Gasteiger partial charge in [0, 0.05) is 42.0 Å². The van der Waals surface area contributed by atoms with Gasteiger partial charge in [-0.25, -0.2) is 0 Å². The molecule has 5 fully saturated rings. The summed E-state index contributed by atoms with van der Waals surface area (Å²) >= 11 is 0. The van der Waals surface area contributed by atoms with E-state index >= 15 is 0 Å². The van der Waals surface area contributed by atoms with E-state index in [4.69, 9.17) is 9.47 Å².